The normalized spacial score (nSPS) is 15.7. The summed E-state index contributed by atoms with van der Waals surface area (Å²) in [5.41, 5.74) is 1.01. The SMILES string of the molecule is COc1ccc(COCC(O)CNC(=O)C2CC2)cc1. The second-order valence-electron chi connectivity index (χ2n) is 5.04. The van der Waals surface area contributed by atoms with Gasteiger partial charge in [0.05, 0.1) is 26.4 Å². The molecule has 0 saturated heterocycles. The van der Waals surface area contributed by atoms with E-state index in [2.05, 4.69) is 5.32 Å². The molecule has 5 heteroatoms. The largest absolute Gasteiger partial charge is 0.497 e. The lowest BCUT2D eigenvalue weighted by atomic mass is 10.2. The Labute approximate surface area is 118 Å². The fourth-order valence-electron chi connectivity index (χ4n) is 1.80. The molecule has 0 radical (unpaired) electrons. The Hall–Kier alpha value is -1.59. The minimum absolute atomic E-state index is 0.0409. The predicted octanol–water partition coefficient (Wildman–Crippen LogP) is 1.10. The third-order valence-corrected chi connectivity index (χ3v) is 3.20. The predicted molar refractivity (Wildman–Crippen MR) is 74.4 cm³/mol. The zero-order chi connectivity index (χ0) is 14.4. The van der Waals surface area contributed by atoms with E-state index in [1.165, 1.54) is 0 Å². The number of nitrogens with one attached hydrogen (secondary N) is 1. The van der Waals surface area contributed by atoms with Gasteiger partial charge in [-0.25, -0.2) is 0 Å². The van der Waals surface area contributed by atoms with Gasteiger partial charge in [0.15, 0.2) is 0 Å². The van der Waals surface area contributed by atoms with Crippen LogP contribution in [0.1, 0.15) is 18.4 Å². The first kappa shape index (κ1) is 14.8. The van der Waals surface area contributed by atoms with Gasteiger partial charge in [-0.2, -0.15) is 0 Å². The van der Waals surface area contributed by atoms with Crippen molar-refractivity contribution >= 4 is 5.91 Å². The van der Waals surface area contributed by atoms with Crippen molar-refractivity contribution in [1.82, 2.24) is 5.32 Å². The van der Waals surface area contributed by atoms with Crippen LogP contribution in [0.3, 0.4) is 0 Å². The van der Waals surface area contributed by atoms with Crippen LogP contribution < -0.4 is 10.1 Å². The first-order valence-electron chi connectivity index (χ1n) is 6.85. The van der Waals surface area contributed by atoms with Crippen molar-refractivity contribution in [1.29, 1.82) is 0 Å². The number of hydrogen-bond acceptors (Lipinski definition) is 4. The maximum absolute atomic E-state index is 11.4. The zero-order valence-corrected chi connectivity index (χ0v) is 11.7. The van der Waals surface area contributed by atoms with Crippen LogP contribution in [0.4, 0.5) is 0 Å². The first-order valence-corrected chi connectivity index (χ1v) is 6.85. The second-order valence-corrected chi connectivity index (χ2v) is 5.04. The molecule has 0 bridgehead atoms. The molecule has 1 saturated carbocycles. The fourth-order valence-corrected chi connectivity index (χ4v) is 1.80. The van der Waals surface area contributed by atoms with Crippen molar-refractivity contribution in [3.05, 3.63) is 29.8 Å². The Morgan fingerprint density at radius 1 is 1.40 bits per heavy atom. The Kier molecular flexibility index (Phi) is 5.38. The molecule has 1 amide bonds. The van der Waals surface area contributed by atoms with Gasteiger partial charge in [-0.1, -0.05) is 12.1 Å². The van der Waals surface area contributed by atoms with E-state index in [9.17, 15) is 9.90 Å². The van der Waals surface area contributed by atoms with E-state index in [4.69, 9.17) is 9.47 Å². The van der Waals surface area contributed by atoms with Gasteiger partial charge in [0.25, 0.3) is 0 Å². The molecule has 1 aromatic carbocycles. The van der Waals surface area contributed by atoms with Crippen molar-refractivity contribution < 1.29 is 19.4 Å². The monoisotopic (exact) mass is 279 g/mol. The molecule has 0 heterocycles. The van der Waals surface area contributed by atoms with E-state index in [1.807, 2.05) is 24.3 Å². The molecule has 1 aliphatic carbocycles. The number of ether oxygens (including phenoxy) is 2. The van der Waals surface area contributed by atoms with Crippen molar-refractivity contribution in [2.75, 3.05) is 20.3 Å². The molecule has 0 aromatic heterocycles. The number of aliphatic hydroxyl groups is 1. The smallest absolute Gasteiger partial charge is 0.223 e. The van der Waals surface area contributed by atoms with Crippen LogP contribution in [0.15, 0.2) is 24.3 Å². The van der Waals surface area contributed by atoms with Gasteiger partial charge in [-0.3, -0.25) is 4.79 Å². The lowest BCUT2D eigenvalue weighted by molar-refractivity contribution is -0.123. The Morgan fingerprint density at radius 2 is 2.10 bits per heavy atom. The minimum atomic E-state index is -0.670. The van der Waals surface area contributed by atoms with E-state index in [0.29, 0.717) is 6.61 Å². The summed E-state index contributed by atoms with van der Waals surface area (Å²) < 4.78 is 10.5. The van der Waals surface area contributed by atoms with Crippen LogP contribution in [-0.4, -0.2) is 37.4 Å². The van der Waals surface area contributed by atoms with Crippen LogP contribution in [0.2, 0.25) is 0 Å². The lowest BCUT2D eigenvalue weighted by Gasteiger charge is -2.12. The summed E-state index contributed by atoms with van der Waals surface area (Å²) in [6.07, 6.45) is 1.27. The van der Waals surface area contributed by atoms with Gasteiger partial charge < -0.3 is 19.9 Å². The number of methoxy groups -OCH3 is 1. The van der Waals surface area contributed by atoms with Crippen molar-refractivity contribution in [3.8, 4) is 5.75 Å². The topological polar surface area (TPSA) is 67.8 Å². The van der Waals surface area contributed by atoms with Gasteiger partial charge in [0.1, 0.15) is 5.75 Å². The number of benzene rings is 1. The van der Waals surface area contributed by atoms with E-state index >= 15 is 0 Å². The molecule has 0 spiro atoms. The zero-order valence-electron chi connectivity index (χ0n) is 11.7. The molecule has 2 N–H and O–H groups in total. The highest BCUT2D eigenvalue weighted by Gasteiger charge is 2.29. The number of carbonyl (C=O) groups is 1. The fraction of sp³-hybridized carbons (Fsp3) is 0.533. The number of rotatable bonds is 8. The molecule has 1 fully saturated rings. The van der Waals surface area contributed by atoms with Gasteiger partial charge in [0.2, 0.25) is 5.91 Å². The molecular weight excluding hydrogens is 258 g/mol. The van der Waals surface area contributed by atoms with Crippen molar-refractivity contribution in [2.45, 2.75) is 25.6 Å². The summed E-state index contributed by atoms with van der Waals surface area (Å²) >= 11 is 0. The number of aliphatic hydroxyl groups excluding tert-OH is 1. The van der Waals surface area contributed by atoms with Crippen LogP contribution >= 0.6 is 0 Å². The summed E-state index contributed by atoms with van der Waals surface area (Å²) in [4.78, 5) is 11.4. The quantitative estimate of drug-likeness (QED) is 0.748. The van der Waals surface area contributed by atoms with Crippen molar-refractivity contribution in [2.24, 2.45) is 5.92 Å². The van der Waals surface area contributed by atoms with Gasteiger partial charge in [-0.15, -0.1) is 0 Å². The molecule has 5 nitrogen and oxygen atoms in total. The highest BCUT2D eigenvalue weighted by molar-refractivity contribution is 5.80. The molecular formula is C15H21NO4. The highest BCUT2D eigenvalue weighted by atomic mass is 16.5. The van der Waals surface area contributed by atoms with Gasteiger partial charge in [-0.05, 0) is 30.5 Å². The lowest BCUT2D eigenvalue weighted by Crippen LogP contribution is -2.35. The maximum Gasteiger partial charge on any atom is 0.223 e. The molecule has 1 unspecified atom stereocenters. The Bertz CT molecular complexity index is 428. The number of carbonyl (C=O) groups excluding carboxylic acids is 1. The van der Waals surface area contributed by atoms with E-state index < -0.39 is 6.10 Å². The molecule has 20 heavy (non-hydrogen) atoms. The molecule has 1 aromatic rings. The van der Waals surface area contributed by atoms with E-state index in [0.717, 1.165) is 24.2 Å². The van der Waals surface area contributed by atoms with Crippen LogP contribution in [0.5, 0.6) is 5.75 Å². The minimum Gasteiger partial charge on any atom is -0.497 e. The average Bonchev–Trinajstić information content (AvgIpc) is 3.30. The summed E-state index contributed by atoms with van der Waals surface area (Å²) in [7, 11) is 1.62. The molecule has 2 rings (SSSR count). The molecule has 1 atom stereocenters. The van der Waals surface area contributed by atoms with E-state index in [1.54, 1.807) is 7.11 Å². The highest BCUT2D eigenvalue weighted by Crippen LogP contribution is 2.28. The van der Waals surface area contributed by atoms with Crippen LogP contribution in [0.25, 0.3) is 0 Å². The summed E-state index contributed by atoms with van der Waals surface area (Å²) in [5, 5.41) is 12.4. The van der Waals surface area contributed by atoms with Crippen LogP contribution in [-0.2, 0) is 16.1 Å². The Morgan fingerprint density at radius 3 is 2.70 bits per heavy atom. The average molecular weight is 279 g/mol. The molecule has 110 valence electrons. The number of amides is 1. The molecule has 1 aliphatic rings. The van der Waals surface area contributed by atoms with Gasteiger partial charge >= 0.3 is 0 Å². The third-order valence-electron chi connectivity index (χ3n) is 3.20. The number of hydrogen-bond donors (Lipinski definition) is 2. The summed E-state index contributed by atoms with van der Waals surface area (Å²) in [5.74, 6) is 1.01. The third kappa shape index (κ3) is 4.83. The second kappa shape index (κ2) is 7.26. The van der Waals surface area contributed by atoms with Crippen LogP contribution in [0, 0.1) is 5.92 Å². The summed E-state index contributed by atoms with van der Waals surface area (Å²) in [6, 6.07) is 7.57. The summed E-state index contributed by atoms with van der Waals surface area (Å²) in [6.45, 7) is 0.881. The van der Waals surface area contributed by atoms with E-state index in [-0.39, 0.29) is 25.0 Å². The first-order chi connectivity index (χ1) is 9.69. The van der Waals surface area contributed by atoms with Gasteiger partial charge in [0, 0.05) is 12.5 Å². The molecule has 0 aliphatic heterocycles. The standard InChI is InChI=1S/C15H21NO4/c1-19-14-6-2-11(3-7-14)9-20-10-13(17)8-16-15(18)12-4-5-12/h2-3,6-7,12-13,17H,4-5,8-10H2,1H3,(H,16,18). The maximum atomic E-state index is 11.4. The van der Waals surface area contributed by atoms with Crippen molar-refractivity contribution in [3.63, 3.8) is 0 Å². The Balaban J connectivity index is 1.60.